The molecule has 0 saturated carbocycles. The molecule has 0 aliphatic heterocycles. The van der Waals surface area contributed by atoms with Gasteiger partial charge in [0.15, 0.2) is 11.0 Å². The molecule has 1 amide bonds. The minimum absolute atomic E-state index is 0.00432. The predicted octanol–water partition coefficient (Wildman–Crippen LogP) is 5.22. The number of rotatable bonds is 9. The molecule has 0 saturated heterocycles. The fraction of sp³-hybridized carbons (Fsp3) is 0.304. The van der Waals surface area contributed by atoms with Gasteiger partial charge in [-0.25, -0.2) is 4.98 Å². The molecule has 0 bridgehead atoms. The zero-order valence-corrected chi connectivity index (χ0v) is 20.7. The van der Waals surface area contributed by atoms with Crippen molar-refractivity contribution in [3.63, 3.8) is 0 Å². The Labute approximate surface area is 200 Å². The van der Waals surface area contributed by atoms with Crippen LogP contribution in [-0.2, 0) is 17.8 Å². The van der Waals surface area contributed by atoms with E-state index in [1.165, 1.54) is 27.1 Å². The third-order valence-electron chi connectivity index (χ3n) is 4.87. The lowest BCUT2D eigenvalue weighted by atomic mass is 10.1. The van der Waals surface area contributed by atoms with E-state index in [4.69, 9.17) is 0 Å². The molecule has 1 aromatic carbocycles. The van der Waals surface area contributed by atoms with Crippen molar-refractivity contribution in [1.29, 1.82) is 0 Å². The van der Waals surface area contributed by atoms with E-state index < -0.39 is 0 Å². The zero-order valence-electron chi connectivity index (χ0n) is 18.3. The van der Waals surface area contributed by atoms with E-state index >= 15 is 0 Å². The summed E-state index contributed by atoms with van der Waals surface area (Å²) in [4.78, 5) is 19.3. The van der Waals surface area contributed by atoms with Crippen LogP contribution >= 0.6 is 34.4 Å². The predicted molar refractivity (Wildman–Crippen MR) is 133 cm³/mol. The van der Waals surface area contributed by atoms with Crippen molar-refractivity contribution in [3.05, 3.63) is 57.2 Å². The Kier molecular flexibility index (Phi) is 7.39. The lowest BCUT2D eigenvalue weighted by Gasteiger charge is -2.08. The van der Waals surface area contributed by atoms with Crippen LogP contribution in [0.1, 0.15) is 22.4 Å². The molecule has 1 N–H and O–H groups in total. The summed E-state index contributed by atoms with van der Waals surface area (Å²) in [5, 5.41) is 15.6. The second kappa shape index (κ2) is 10.4. The van der Waals surface area contributed by atoms with Crippen LogP contribution in [0.4, 0.5) is 0 Å². The number of aromatic nitrogens is 4. The maximum absolute atomic E-state index is 12.4. The quantitative estimate of drug-likeness (QED) is 0.331. The van der Waals surface area contributed by atoms with Gasteiger partial charge in [-0.1, -0.05) is 35.5 Å². The number of amides is 1. The molecule has 6 nitrogen and oxygen atoms in total. The van der Waals surface area contributed by atoms with E-state index in [-0.39, 0.29) is 5.91 Å². The van der Waals surface area contributed by atoms with Gasteiger partial charge in [0.1, 0.15) is 0 Å². The number of hydrogen-bond acceptors (Lipinski definition) is 7. The molecular formula is C23H25N5OS3. The van der Waals surface area contributed by atoms with Crippen LogP contribution in [0, 0.1) is 13.8 Å². The smallest absolute Gasteiger partial charge is 0.230 e. The Morgan fingerprint density at radius 3 is 2.81 bits per heavy atom. The fourth-order valence-corrected chi connectivity index (χ4v) is 5.80. The average Bonchev–Trinajstić information content (AvgIpc) is 3.51. The van der Waals surface area contributed by atoms with Crippen LogP contribution in [0.2, 0.25) is 0 Å². The maximum atomic E-state index is 12.4. The Morgan fingerprint density at radius 2 is 2.06 bits per heavy atom. The van der Waals surface area contributed by atoms with E-state index in [1.807, 2.05) is 19.1 Å². The van der Waals surface area contributed by atoms with Crippen LogP contribution in [0.25, 0.3) is 22.0 Å². The zero-order chi connectivity index (χ0) is 22.5. The highest BCUT2D eigenvalue weighted by atomic mass is 32.2. The Bertz CT molecular complexity index is 1210. The molecular weight excluding hydrogens is 458 g/mol. The average molecular weight is 484 g/mol. The molecule has 166 valence electrons. The first-order valence-electron chi connectivity index (χ1n) is 10.4. The summed E-state index contributed by atoms with van der Waals surface area (Å²) < 4.78 is 2.06. The molecule has 4 aromatic rings. The Hall–Kier alpha value is -2.49. The highest BCUT2D eigenvalue weighted by Gasteiger charge is 2.15. The molecule has 0 fully saturated rings. The van der Waals surface area contributed by atoms with Gasteiger partial charge in [-0.3, -0.25) is 4.79 Å². The second-order valence-electron chi connectivity index (χ2n) is 7.33. The maximum Gasteiger partial charge on any atom is 0.230 e. The van der Waals surface area contributed by atoms with Crippen LogP contribution in [-0.4, -0.2) is 38.0 Å². The largest absolute Gasteiger partial charge is 0.355 e. The third-order valence-corrected chi connectivity index (χ3v) is 7.78. The van der Waals surface area contributed by atoms with Gasteiger partial charge in [-0.2, -0.15) is 0 Å². The number of carbonyl (C=O) groups is 1. The van der Waals surface area contributed by atoms with Gasteiger partial charge in [0.2, 0.25) is 5.91 Å². The molecule has 0 aliphatic rings. The number of thioether (sulfide) groups is 1. The van der Waals surface area contributed by atoms with E-state index in [9.17, 15) is 4.79 Å². The van der Waals surface area contributed by atoms with Crippen molar-refractivity contribution >= 4 is 40.3 Å². The normalized spacial score (nSPS) is 11.1. The minimum Gasteiger partial charge on any atom is -0.355 e. The SMILES string of the molecule is CCn1c(SCC(=O)NCCc2ccc(-c3csc(C)n3)s2)nnc1-c1cccc(C)c1. The van der Waals surface area contributed by atoms with Crippen LogP contribution in [0.15, 0.2) is 46.9 Å². The van der Waals surface area contributed by atoms with Gasteiger partial charge in [0.25, 0.3) is 0 Å². The number of carbonyl (C=O) groups excluding carboxylic acids is 1. The monoisotopic (exact) mass is 483 g/mol. The third kappa shape index (κ3) is 5.46. The fourth-order valence-electron chi connectivity index (χ4n) is 3.31. The summed E-state index contributed by atoms with van der Waals surface area (Å²) in [5.41, 5.74) is 3.26. The molecule has 0 atom stereocenters. The van der Waals surface area contributed by atoms with E-state index in [2.05, 4.69) is 68.6 Å². The molecule has 3 heterocycles. The van der Waals surface area contributed by atoms with Crippen LogP contribution < -0.4 is 5.32 Å². The van der Waals surface area contributed by atoms with Crippen molar-refractivity contribution in [1.82, 2.24) is 25.1 Å². The van der Waals surface area contributed by atoms with Crippen molar-refractivity contribution in [2.24, 2.45) is 0 Å². The number of thiophene rings is 1. The number of benzene rings is 1. The first kappa shape index (κ1) is 22.7. The second-order valence-corrected chi connectivity index (χ2v) is 10.5. The van der Waals surface area contributed by atoms with Crippen molar-refractivity contribution in [2.45, 2.75) is 38.9 Å². The summed E-state index contributed by atoms with van der Waals surface area (Å²) >= 11 is 4.82. The summed E-state index contributed by atoms with van der Waals surface area (Å²) in [7, 11) is 0. The van der Waals surface area contributed by atoms with Gasteiger partial charge in [0, 0.05) is 28.9 Å². The highest BCUT2D eigenvalue weighted by Crippen LogP contribution is 2.29. The van der Waals surface area contributed by atoms with Gasteiger partial charge < -0.3 is 9.88 Å². The topological polar surface area (TPSA) is 72.7 Å². The first-order chi connectivity index (χ1) is 15.5. The molecule has 32 heavy (non-hydrogen) atoms. The molecule has 3 aromatic heterocycles. The van der Waals surface area contributed by atoms with Crippen molar-refractivity contribution < 1.29 is 4.79 Å². The van der Waals surface area contributed by atoms with Gasteiger partial charge in [-0.05, 0) is 45.4 Å². The van der Waals surface area contributed by atoms with Crippen molar-refractivity contribution in [2.75, 3.05) is 12.3 Å². The summed E-state index contributed by atoms with van der Waals surface area (Å²) in [6.07, 6.45) is 0.812. The van der Waals surface area contributed by atoms with Crippen molar-refractivity contribution in [3.8, 4) is 22.0 Å². The Morgan fingerprint density at radius 1 is 1.19 bits per heavy atom. The number of thiazole rings is 1. The van der Waals surface area contributed by atoms with Crippen LogP contribution in [0.5, 0.6) is 0 Å². The summed E-state index contributed by atoms with van der Waals surface area (Å²) in [5.74, 6) is 1.16. The molecule has 0 unspecified atom stereocenters. The van der Waals surface area contributed by atoms with Gasteiger partial charge >= 0.3 is 0 Å². The molecule has 4 rings (SSSR count). The summed E-state index contributed by atoms with van der Waals surface area (Å²) in [6.45, 7) is 7.51. The lowest BCUT2D eigenvalue weighted by Crippen LogP contribution is -2.27. The molecule has 0 radical (unpaired) electrons. The van der Waals surface area contributed by atoms with Crippen LogP contribution in [0.3, 0.4) is 0 Å². The van der Waals surface area contributed by atoms with E-state index in [0.717, 1.165) is 40.2 Å². The molecule has 0 spiro atoms. The van der Waals surface area contributed by atoms with Gasteiger partial charge in [0.05, 0.1) is 21.3 Å². The van der Waals surface area contributed by atoms with E-state index in [0.29, 0.717) is 12.3 Å². The lowest BCUT2D eigenvalue weighted by molar-refractivity contribution is -0.118. The highest BCUT2D eigenvalue weighted by molar-refractivity contribution is 7.99. The number of aryl methyl sites for hydroxylation is 2. The first-order valence-corrected chi connectivity index (χ1v) is 13.1. The number of nitrogens with one attached hydrogen (secondary N) is 1. The molecule has 0 aliphatic carbocycles. The standard InChI is InChI=1S/C23H25N5OS3/c1-4-28-22(17-7-5-6-15(2)12-17)26-27-23(28)31-14-21(29)24-11-10-18-8-9-20(32-18)19-13-30-16(3)25-19/h5-9,12-13H,4,10-11,14H2,1-3H3,(H,24,29). The Balaban J connectivity index is 1.28. The minimum atomic E-state index is 0.00432. The molecule has 9 heteroatoms. The summed E-state index contributed by atoms with van der Waals surface area (Å²) in [6, 6.07) is 12.4. The van der Waals surface area contributed by atoms with Gasteiger partial charge in [-0.15, -0.1) is 32.9 Å². The number of nitrogens with zero attached hydrogens (tertiary/aromatic N) is 4. The number of hydrogen-bond donors (Lipinski definition) is 1. The van der Waals surface area contributed by atoms with E-state index in [1.54, 1.807) is 22.7 Å².